The van der Waals surface area contributed by atoms with Gasteiger partial charge in [-0.25, -0.2) is 26.3 Å². The summed E-state index contributed by atoms with van der Waals surface area (Å²) in [7, 11) is -10.4. The number of halogens is 6. The van der Waals surface area contributed by atoms with Gasteiger partial charge in [0.05, 0.1) is 0 Å². The van der Waals surface area contributed by atoms with Gasteiger partial charge in [0.1, 0.15) is 0 Å². The van der Waals surface area contributed by atoms with Gasteiger partial charge in [0, 0.05) is 13.1 Å². The Hall–Kier alpha value is -0.860. The van der Waals surface area contributed by atoms with Gasteiger partial charge < -0.3 is 0 Å². The molecule has 6 nitrogen and oxygen atoms in total. The highest BCUT2D eigenvalue weighted by molar-refractivity contribution is 7.90. The Labute approximate surface area is 196 Å². The summed E-state index contributed by atoms with van der Waals surface area (Å²) in [4.78, 5) is 0. The molecule has 4 bridgehead atoms. The Morgan fingerprint density at radius 2 is 1.26 bits per heavy atom. The second-order valence-electron chi connectivity index (χ2n) is 10.0. The number of alkyl halides is 6. The Kier molecular flexibility index (Phi) is 7.78. The summed E-state index contributed by atoms with van der Waals surface area (Å²) in [6.07, 6.45) is 7.62. The number of nitrogens with one attached hydrogen (secondary N) is 2. The number of sulfonamides is 2. The molecular weight excluding hydrogens is 510 g/mol. The molecule has 0 spiro atoms. The van der Waals surface area contributed by atoms with Gasteiger partial charge in [0.25, 0.3) is 0 Å². The number of allylic oxidation sites excluding steroid dienone is 2. The maximum Gasteiger partial charge on any atom is 0.511 e. The molecule has 34 heavy (non-hydrogen) atoms. The van der Waals surface area contributed by atoms with Crippen LogP contribution in [0.15, 0.2) is 12.2 Å². The van der Waals surface area contributed by atoms with Gasteiger partial charge >= 0.3 is 31.1 Å². The molecule has 198 valence electrons. The second-order valence-corrected chi connectivity index (χ2v) is 13.5. The molecule has 4 rings (SSSR count). The van der Waals surface area contributed by atoms with E-state index in [4.69, 9.17) is 0 Å². The summed E-state index contributed by atoms with van der Waals surface area (Å²) in [6.45, 7) is 4.08. The Morgan fingerprint density at radius 1 is 0.735 bits per heavy atom. The smallest absolute Gasteiger partial charge is 0.207 e. The monoisotopic (exact) mass is 540 g/mol. The SMILES string of the molecule is CC1C2CC(CNS(=O)(=O)C(F)(F)F)C(C2)C1C.O=S(=O)(NCC1CC2C=CC1C2)C(F)(F)F. The van der Waals surface area contributed by atoms with Crippen LogP contribution in [-0.2, 0) is 20.0 Å². The molecule has 4 aliphatic rings. The Morgan fingerprint density at radius 3 is 1.65 bits per heavy atom. The molecule has 14 heteroatoms. The predicted molar refractivity (Wildman–Crippen MR) is 113 cm³/mol. The third-order valence-corrected chi connectivity index (χ3v) is 10.4. The van der Waals surface area contributed by atoms with Crippen LogP contribution < -0.4 is 9.44 Å². The van der Waals surface area contributed by atoms with E-state index < -0.39 is 31.1 Å². The van der Waals surface area contributed by atoms with E-state index in [0.29, 0.717) is 29.6 Å². The molecule has 2 N–H and O–H groups in total. The van der Waals surface area contributed by atoms with Crippen molar-refractivity contribution in [3.05, 3.63) is 12.2 Å². The van der Waals surface area contributed by atoms with Crippen LogP contribution in [0.4, 0.5) is 26.3 Å². The van der Waals surface area contributed by atoms with Gasteiger partial charge in [-0.05, 0) is 73.0 Å². The predicted octanol–water partition coefficient (Wildman–Crippen LogP) is 3.99. The number of hydrogen-bond donors (Lipinski definition) is 2. The van der Waals surface area contributed by atoms with E-state index in [2.05, 4.69) is 19.9 Å². The zero-order chi connectivity index (χ0) is 25.7. The van der Waals surface area contributed by atoms with Crippen LogP contribution in [-0.4, -0.2) is 40.9 Å². The summed E-state index contributed by atoms with van der Waals surface area (Å²) in [5, 5.41) is 0. The molecule has 0 aromatic rings. The van der Waals surface area contributed by atoms with E-state index in [1.807, 2.05) is 6.08 Å². The number of hydrogen-bond acceptors (Lipinski definition) is 4. The topological polar surface area (TPSA) is 92.3 Å². The minimum atomic E-state index is -5.21. The normalized spacial score (nSPS) is 37.2. The third kappa shape index (κ3) is 5.75. The second kappa shape index (κ2) is 9.55. The number of fused-ring (bicyclic) bond motifs is 4. The lowest BCUT2D eigenvalue weighted by molar-refractivity contribution is -0.0455. The van der Waals surface area contributed by atoms with Crippen LogP contribution in [0.3, 0.4) is 0 Å². The molecule has 0 aromatic carbocycles. The van der Waals surface area contributed by atoms with Crippen LogP contribution in [0.1, 0.15) is 39.5 Å². The van der Waals surface area contributed by atoms with E-state index in [1.165, 1.54) is 0 Å². The highest BCUT2D eigenvalue weighted by Crippen LogP contribution is 2.54. The average Bonchev–Trinajstić information content (AvgIpc) is 3.47. The quantitative estimate of drug-likeness (QED) is 0.394. The highest BCUT2D eigenvalue weighted by atomic mass is 32.2. The van der Waals surface area contributed by atoms with Gasteiger partial charge in [-0.2, -0.15) is 26.3 Å². The Balaban J connectivity index is 0.000000192. The van der Waals surface area contributed by atoms with Gasteiger partial charge in [0.15, 0.2) is 0 Å². The van der Waals surface area contributed by atoms with E-state index in [1.54, 1.807) is 9.44 Å². The van der Waals surface area contributed by atoms with E-state index in [0.717, 1.165) is 25.7 Å². The van der Waals surface area contributed by atoms with Crippen molar-refractivity contribution in [1.82, 2.24) is 9.44 Å². The van der Waals surface area contributed by atoms with Crippen molar-refractivity contribution in [2.45, 2.75) is 50.5 Å². The largest absolute Gasteiger partial charge is 0.511 e. The minimum Gasteiger partial charge on any atom is -0.207 e. The van der Waals surface area contributed by atoms with Gasteiger partial charge in [-0.15, -0.1) is 0 Å². The van der Waals surface area contributed by atoms with E-state index >= 15 is 0 Å². The van der Waals surface area contributed by atoms with Crippen molar-refractivity contribution in [1.29, 1.82) is 0 Å². The molecule has 0 heterocycles. The molecule has 0 aromatic heterocycles. The third-order valence-electron chi connectivity index (χ3n) is 8.13. The minimum absolute atomic E-state index is 0.00660. The number of rotatable bonds is 6. The fourth-order valence-electron chi connectivity index (χ4n) is 6.06. The van der Waals surface area contributed by atoms with Crippen molar-refractivity contribution >= 4 is 20.0 Å². The van der Waals surface area contributed by atoms with Crippen LogP contribution >= 0.6 is 0 Å². The summed E-state index contributed by atoms with van der Waals surface area (Å²) < 4.78 is 119. The van der Waals surface area contributed by atoms with Crippen molar-refractivity contribution in [3.63, 3.8) is 0 Å². The fraction of sp³-hybridized carbons (Fsp3) is 0.900. The molecule has 8 atom stereocenters. The molecule has 4 aliphatic carbocycles. The maximum absolute atomic E-state index is 12.2. The first-order valence-corrected chi connectivity index (χ1v) is 14.2. The van der Waals surface area contributed by atoms with E-state index in [-0.39, 0.29) is 30.8 Å². The standard InChI is InChI=1S/C11H18F3NO2S.C9H12F3NO2S/c1-6-7(2)10-4-8(6)3-9(10)5-15-18(16,17)11(12,13)14;10-9(11,12)16(14,15)13-5-8-4-6-1-2-7(8)3-6/h6-10,15H,3-5H2,1-2H3;1-2,6-8,13H,3-5H2. The van der Waals surface area contributed by atoms with Crippen LogP contribution in [0.2, 0.25) is 0 Å². The fourth-order valence-corrected chi connectivity index (χ4v) is 7.25. The summed E-state index contributed by atoms with van der Waals surface area (Å²) in [5.41, 5.74) is -10.4. The molecule has 0 amide bonds. The molecule has 3 fully saturated rings. The van der Waals surface area contributed by atoms with Crippen molar-refractivity contribution < 1.29 is 43.2 Å². The van der Waals surface area contributed by atoms with E-state index in [9.17, 15) is 43.2 Å². The molecular formula is C20H30F6N2O4S2. The molecule has 0 radical (unpaired) electrons. The maximum atomic E-state index is 12.2. The lowest BCUT2D eigenvalue weighted by atomic mass is 9.76. The average molecular weight is 541 g/mol. The summed E-state index contributed by atoms with van der Waals surface area (Å²) >= 11 is 0. The lowest BCUT2D eigenvalue weighted by Crippen LogP contribution is -2.41. The zero-order valence-corrected chi connectivity index (χ0v) is 20.4. The van der Waals surface area contributed by atoms with Crippen molar-refractivity contribution in [3.8, 4) is 0 Å². The summed E-state index contributed by atoms with van der Waals surface area (Å²) in [6, 6.07) is 0. The first-order chi connectivity index (χ1) is 15.4. The molecule has 0 aliphatic heterocycles. The molecule has 3 saturated carbocycles. The zero-order valence-electron chi connectivity index (χ0n) is 18.7. The van der Waals surface area contributed by atoms with Crippen molar-refractivity contribution in [2.24, 2.45) is 47.3 Å². The van der Waals surface area contributed by atoms with Crippen LogP contribution in [0, 0.1) is 47.3 Å². The molecule has 8 unspecified atom stereocenters. The first kappa shape index (κ1) is 27.7. The molecule has 0 saturated heterocycles. The first-order valence-electron chi connectivity index (χ1n) is 11.2. The van der Waals surface area contributed by atoms with Crippen LogP contribution in [0.5, 0.6) is 0 Å². The Bertz CT molecular complexity index is 978. The van der Waals surface area contributed by atoms with Gasteiger partial charge in [-0.3, -0.25) is 0 Å². The lowest BCUT2D eigenvalue weighted by Gasteiger charge is -2.31. The van der Waals surface area contributed by atoms with Crippen LogP contribution in [0.25, 0.3) is 0 Å². The van der Waals surface area contributed by atoms with Crippen molar-refractivity contribution in [2.75, 3.05) is 13.1 Å². The van der Waals surface area contributed by atoms with Gasteiger partial charge in [0.2, 0.25) is 0 Å². The van der Waals surface area contributed by atoms with Gasteiger partial charge in [-0.1, -0.05) is 26.0 Å². The summed E-state index contributed by atoms with van der Waals surface area (Å²) in [5.74, 6) is 2.71. The highest BCUT2D eigenvalue weighted by Gasteiger charge is 2.51.